The Kier molecular flexibility index (Phi) is 3.43. The van der Waals surface area contributed by atoms with Crippen LogP contribution in [0, 0.1) is 0 Å². The van der Waals surface area contributed by atoms with Crippen LogP contribution in [0.4, 0.5) is 0 Å². The van der Waals surface area contributed by atoms with Crippen LogP contribution >= 0.6 is 0 Å². The standard InChI is InChI=1S/C7H11NO4/c1-2-3-7(12,6(8)11)4-5(9)10/h2,12H,1,3-4H2,(H2,8,11)(H,9,10). The van der Waals surface area contributed by atoms with Crippen molar-refractivity contribution in [1.82, 2.24) is 0 Å². The number of carboxylic acids is 1. The van der Waals surface area contributed by atoms with Crippen LogP contribution in [-0.2, 0) is 9.59 Å². The zero-order valence-corrected chi connectivity index (χ0v) is 6.49. The molecule has 0 radical (unpaired) electrons. The number of hydrogen-bond donors (Lipinski definition) is 3. The minimum absolute atomic E-state index is 0.158. The fourth-order valence-electron chi connectivity index (χ4n) is 0.749. The summed E-state index contributed by atoms with van der Waals surface area (Å²) in [7, 11) is 0. The molecule has 0 aromatic rings. The molecule has 0 aromatic heterocycles. The van der Waals surface area contributed by atoms with Crippen molar-refractivity contribution in [3.8, 4) is 0 Å². The van der Waals surface area contributed by atoms with Gasteiger partial charge in [-0.1, -0.05) is 6.08 Å². The van der Waals surface area contributed by atoms with Crippen molar-refractivity contribution < 1.29 is 19.8 Å². The van der Waals surface area contributed by atoms with E-state index in [-0.39, 0.29) is 6.42 Å². The van der Waals surface area contributed by atoms with Gasteiger partial charge in [0.15, 0.2) is 5.60 Å². The molecular weight excluding hydrogens is 162 g/mol. The average Bonchev–Trinajstić information content (AvgIpc) is 1.85. The molecule has 1 atom stereocenters. The van der Waals surface area contributed by atoms with Gasteiger partial charge in [-0.2, -0.15) is 0 Å². The molecule has 0 aromatic carbocycles. The van der Waals surface area contributed by atoms with E-state index in [1.807, 2.05) is 0 Å². The van der Waals surface area contributed by atoms with Gasteiger partial charge in [-0.15, -0.1) is 6.58 Å². The maximum atomic E-state index is 10.6. The number of carbonyl (C=O) groups excluding carboxylic acids is 1. The Balaban J connectivity index is 4.49. The number of amides is 1. The fraction of sp³-hybridized carbons (Fsp3) is 0.429. The quantitative estimate of drug-likeness (QED) is 0.476. The summed E-state index contributed by atoms with van der Waals surface area (Å²) < 4.78 is 0. The van der Waals surface area contributed by atoms with Gasteiger partial charge in [-0.3, -0.25) is 9.59 Å². The van der Waals surface area contributed by atoms with Gasteiger partial charge in [0, 0.05) is 6.42 Å². The number of aliphatic carboxylic acids is 1. The first-order valence-electron chi connectivity index (χ1n) is 3.27. The summed E-state index contributed by atoms with van der Waals surface area (Å²) in [5.74, 6) is -2.33. The molecule has 68 valence electrons. The third kappa shape index (κ3) is 2.71. The van der Waals surface area contributed by atoms with Crippen molar-refractivity contribution in [2.45, 2.75) is 18.4 Å². The number of carboxylic acid groups (broad SMARTS) is 1. The Bertz CT molecular complexity index is 213. The molecule has 12 heavy (non-hydrogen) atoms. The number of hydrogen-bond acceptors (Lipinski definition) is 3. The SMILES string of the molecule is C=CCC(O)(CC(=O)O)C(N)=O. The van der Waals surface area contributed by atoms with E-state index in [1.165, 1.54) is 6.08 Å². The lowest BCUT2D eigenvalue weighted by Crippen LogP contribution is -2.45. The second kappa shape index (κ2) is 3.87. The Hall–Kier alpha value is -1.36. The number of carbonyl (C=O) groups is 2. The van der Waals surface area contributed by atoms with Gasteiger partial charge in [0.25, 0.3) is 0 Å². The van der Waals surface area contributed by atoms with Gasteiger partial charge >= 0.3 is 5.97 Å². The lowest BCUT2D eigenvalue weighted by Gasteiger charge is -2.20. The van der Waals surface area contributed by atoms with Crippen LogP contribution in [0.3, 0.4) is 0 Å². The van der Waals surface area contributed by atoms with E-state index in [2.05, 4.69) is 6.58 Å². The second-order valence-electron chi connectivity index (χ2n) is 2.46. The van der Waals surface area contributed by atoms with Gasteiger partial charge < -0.3 is 15.9 Å². The van der Waals surface area contributed by atoms with E-state index in [1.54, 1.807) is 0 Å². The number of rotatable bonds is 5. The van der Waals surface area contributed by atoms with E-state index >= 15 is 0 Å². The molecule has 4 N–H and O–H groups in total. The predicted molar refractivity (Wildman–Crippen MR) is 41.2 cm³/mol. The molecule has 1 amide bonds. The van der Waals surface area contributed by atoms with E-state index < -0.39 is 23.9 Å². The maximum absolute atomic E-state index is 10.6. The van der Waals surface area contributed by atoms with Gasteiger partial charge in [0.2, 0.25) is 5.91 Å². The minimum Gasteiger partial charge on any atom is -0.481 e. The van der Waals surface area contributed by atoms with E-state index in [9.17, 15) is 14.7 Å². The molecule has 0 spiro atoms. The summed E-state index contributed by atoms with van der Waals surface area (Å²) in [4.78, 5) is 20.8. The molecule has 0 saturated heterocycles. The van der Waals surface area contributed by atoms with Crippen molar-refractivity contribution >= 4 is 11.9 Å². The van der Waals surface area contributed by atoms with E-state index in [0.717, 1.165) is 0 Å². The van der Waals surface area contributed by atoms with Crippen LogP contribution in [-0.4, -0.2) is 27.7 Å². The lowest BCUT2D eigenvalue weighted by atomic mass is 9.95. The molecule has 0 saturated carbocycles. The third-order valence-electron chi connectivity index (χ3n) is 1.38. The molecule has 0 fully saturated rings. The van der Waals surface area contributed by atoms with Crippen molar-refractivity contribution in [3.63, 3.8) is 0 Å². The molecule has 0 heterocycles. The van der Waals surface area contributed by atoms with Crippen molar-refractivity contribution in [1.29, 1.82) is 0 Å². The highest BCUT2D eigenvalue weighted by molar-refractivity contribution is 5.87. The molecular formula is C7H11NO4. The number of aliphatic hydroxyl groups is 1. The predicted octanol–water partition coefficient (Wildman–Crippen LogP) is -0.746. The summed E-state index contributed by atoms with van der Waals surface area (Å²) in [6.45, 7) is 3.27. The molecule has 0 bridgehead atoms. The monoisotopic (exact) mass is 173 g/mol. The smallest absolute Gasteiger partial charge is 0.306 e. The number of nitrogens with two attached hydrogens (primary N) is 1. The summed E-state index contributed by atoms with van der Waals surface area (Å²) in [6, 6.07) is 0. The zero-order valence-electron chi connectivity index (χ0n) is 6.49. The van der Waals surface area contributed by atoms with Crippen molar-refractivity contribution in [2.75, 3.05) is 0 Å². The highest BCUT2D eigenvalue weighted by Gasteiger charge is 2.34. The average molecular weight is 173 g/mol. The van der Waals surface area contributed by atoms with Crippen LogP contribution in [0.25, 0.3) is 0 Å². The summed E-state index contributed by atoms with van der Waals surface area (Å²) in [6.07, 6.45) is 0.386. The van der Waals surface area contributed by atoms with Gasteiger partial charge in [-0.05, 0) is 0 Å². The number of primary amides is 1. The van der Waals surface area contributed by atoms with Gasteiger partial charge in [0.1, 0.15) is 0 Å². The Morgan fingerprint density at radius 1 is 1.58 bits per heavy atom. The van der Waals surface area contributed by atoms with Crippen molar-refractivity contribution in [3.05, 3.63) is 12.7 Å². The highest BCUT2D eigenvalue weighted by atomic mass is 16.4. The lowest BCUT2D eigenvalue weighted by molar-refractivity contribution is -0.150. The molecule has 0 aliphatic heterocycles. The zero-order chi connectivity index (χ0) is 9.78. The van der Waals surface area contributed by atoms with Crippen LogP contribution in [0.2, 0.25) is 0 Å². The first-order valence-corrected chi connectivity index (χ1v) is 3.27. The molecule has 5 nitrogen and oxygen atoms in total. The highest BCUT2D eigenvalue weighted by Crippen LogP contribution is 2.14. The minimum atomic E-state index is -2.01. The molecule has 0 aliphatic rings. The largest absolute Gasteiger partial charge is 0.481 e. The van der Waals surface area contributed by atoms with Gasteiger partial charge in [0.05, 0.1) is 6.42 Å². The fourth-order valence-corrected chi connectivity index (χ4v) is 0.749. The molecule has 1 unspecified atom stereocenters. The van der Waals surface area contributed by atoms with Gasteiger partial charge in [-0.25, -0.2) is 0 Å². The first kappa shape index (κ1) is 10.6. The van der Waals surface area contributed by atoms with Crippen LogP contribution in [0.5, 0.6) is 0 Å². The maximum Gasteiger partial charge on any atom is 0.306 e. The normalized spacial score (nSPS) is 14.8. The Morgan fingerprint density at radius 2 is 2.08 bits per heavy atom. The topological polar surface area (TPSA) is 101 Å². The third-order valence-corrected chi connectivity index (χ3v) is 1.38. The molecule has 5 heteroatoms. The molecule has 0 rings (SSSR count). The Labute approximate surface area is 69.5 Å². The van der Waals surface area contributed by atoms with E-state index in [4.69, 9.17) is 10.8 Å². The van der Waals surface area contributed by atoms with Crippen LogP contribution in [0.1, 0.15) is 12.8 Å². The van der Waals surface area contributed by atoms with E-state index in [0.29, 0.717) is 0 Å². The summed E-state index contributed by atoms with van der Waals surface area (Å²) in [5, 5.41) is 17.7. The van der Waals surface area contributed by atoms with Crippen LogP contribution in [0.15, 0.2) is 12.7 Å². The second-order valence-corrected chi connectivity index (χ2v) is 2.46. The summed E-state index contributed by atoms with van der Waals surface area (Å²) in [5.41, 5.74) is 2.80. The van der Waals surface area contributed by atoms with Crippen LogP contribution < -0.4 is 5.73 Å². The van der Waals surface area contributed by atoms with Crippen molar-refractivity contribution in [2.24, 2.45) is 5.73 Å². The Morgan fingerprint density at radius 3 is 2.33 bits per heavy atom. The first-order chi connectivity index (χ1) is 5.42. The summed E-state index contributed by atoms with van der Waals surface area (Å²) >= 11 is 0. The molecule has 0 aliphatic carbocycles.